The molecule has 0 radical (unpaired) electrons. The van der Waals surface area contributed by atoms with Gasteiger partial charge in [-0.25, -0.2) is 5.43 Å². The molecule has 3 N–H and O–H groups in total. The first kappa shape index (κ1) is 14.3. The van der Waals surface area contributed by atoms with Gasteiger partial charge in [0.2, 0.25) is 5.96 Å². The van der Waals surface area contributed by atoms with E-state index in [1.54, 1.807) is 0 Å². The molecule has 0 saturated heterocycles. The van der Waals surface area contributed by atoms with Gasteiger partial charge in [-0.3, -0.25) is 4.79 Å². The van der Waals surface area contributed by atoms with Crippen LogP contribution >= 0.6 is 0 Å². The van der Waals surface area contributed by atoms with Crippen molar-refractivity contribution in [1.29, 1.82) is 0 Å². The molecule has 4 bridgehead atoms. The number of rotatable bonds is 1. The van der Waals surface area contributed by atoms with E-state index in [-0.39, 0.29) is 22.9 Å². The maximum atomic E-state index is 12.6. The Hall–Kier alpha value is -1.26. The van der Waals surface area contributed by atoms with Crippen LogP contribution in [0.3, 0.4) is 0 Å². The SMILES string of the molecule is CC(C)(C)C1C(=O)NN=C(N)N1C12CC3CC(CC(C3)C1)C2. The van der Waals surface area contributed by atoms with Crippen LogP contribution in [0.25, 0.3) is 0 Å². The maximum absolute atomic E-state index is 12.6. The van der Waals surface area contributed by atoms with Gasteiger partial charge < -0.3 is 10.6 Å². The van der Waals surface area contributed by atoms with E-state index < -0.39 is 0 Å². The standard InChI is InChI=1S/C17H28N4O/c1-16(2,3)13-14(22)19-20-15(18)21(13)17-7-10-4-11(8-17)6-12(5-10)9-17/h10-13H,4-9H2,1-3H3,(H2,18,20)(H,19,22). The summed E-state index contributed by atoms with van der Waals surface area (Å²) in [6.07, 6.45) is 7.72. The molecule has 0 aromatic carbocycles. The fourth-order valence-electron chi connectivity index (χ4n) is 6.13. The monoisotopic (exact) mass is 304 g/mol. The molecule has 5 aliphatic rings. The summed E-state index contributed by atoms with van der Waals surface area (Å²) in [5, 5.41) is 4.13. The minimum Gasteiger partial charge on any atom is -0.368 e. The van der Waals surface area contributed by atoms with Gasteiger partial charge in [-0.15, -0.1) is 5.10 Å². The average Bonchev–Trinajstić information content (AvgIpc) is 2.38. The van der Waals surface area contributed by atoms with Gasteiger partial charge in [0.05, 0.1) is 0 Å². The Labute approximate surface area is 132 Å². The van der Waals surface area contributed by atoms with Gasteiger partial charge in [0.15, 0.2) is 0 Å². The highest BCUT2D eigenvalue weighted by Crippen LogP contribution is 2.58. The number of hydrogen-bond donors (Lipinski definition) is 2. The van der Waals surface area contributed by atoms with Crippen molar-refractivity contribution in [3.63, 3.8) is 0 Å². The van der Waals surface area contributed by atoms with Crippen LogP contribution < -0.4 is 11.2 Å². The Morgan fingerprint density at radius 3 is 2.09 bits per heavy atom. The lowest BCUT2D eigenvalue weighted by molar-refractivity contribution is -0.140. The van der Waals surface area contributed by atoms with Crippen molar-refractivity contribution in [2.45, 2.75) is 70.9 Å². The van der Waals surface area contributed by atoms with Crippen LogP contribution in [0.4, 0.5) is 0 Å². The normalized spacial score (nSPS) is 44.0. The molecule has 4 aliphatic carbocycles. The van der Waals surface area contributed by atoms with Gasteiger partial charge in [-0.1, -0.05) is 20.8 Å². The van der Waals surface area contributed by atoms with E-state index in [0.717, 1.165) is 17.8 Å². The molecule has 1 aliphatic heterocycles. The fraction of sp³-hybridized carbons (Fsp3) is 0.882. The van der Waals surface area contributed by atoms with Crippen LogP contribution in [-0.4, -0.2) is 28.3 Å². The second-order valence-corrected chi connectivity index (χ2v) is 9.23. The Morgan fingerprint density at radius 1 is 1.14 bits per heavy atom. The van der Waals surface area contributed by atoms with Crippen LogP contribution in [-0.2, 0) is 4.79 Å². The number of carbonyl (C=O) groups excluding carboxylic acids is 1. The summed E-state index contributed by atoms with van der Waals surface area (Å²) in [5.41, 5.74) is 8.85. The molecular weight excluding hydrogens is 276 g/mol. The van der Waals surface area contributed by atoms with Crippen LogP contribution in [0.5, 0.6) is 0 Å². The van der Waals surface area contributed by atoms with E-state index in [9.17, 15) is 4.79 Å². The molecule has 1 amide bonds. The van der Waals surface area contributed by atoms with Gasteiger partial charge in [-0.05, 0) is 61.7 Å². The van der Waals surface area contributed by atoms with Crippen molar-refractivity contribution in [1.82, 2.24) is 10.3 Å². The third-order valence-corrected chi connectivity index (χ3v) is 6.37. The molecule has 5 rings (SSSR count). The van der Waals surface area contributed by atoms with Gasteiger partial charge >= 0.3 is 0 Å². The number of carbonyl (C=O) groups is 1. The molecule has 5 nitrogen and oxygen atoms in total. The molecule has 4 saturated carbocycles. The molecule has 4 fully saturated rings. The predicted molar refractivity (Wildman–Crippen MR) is 85.8 cm³/mol. The van der Waals surface area contributed by atoms with Crippen LogP contribution in [0.15, 0.2) is 5.10 Å². The predicted octanol–water partition coefficient (Wildman–Crippen LogP) is 2.03. The lowest BCUT2D eigenvalue weighted by Gasteiger charge is -2.63. The topological polar surface area (TPSA) is 70.7 Å². The Bertz CT molecular complexity index is 498. The summed E-state index contributed by atoms with van der Waals surface area (Å²) in [7, 11) is 0. The lowest BCUT2D eigenvalue weighted by atomic mass is 9.52. The second-order valence-electron chi connectivity index (χ2n) is 9.23. The first-order valence-corrected chi connectivity index (χ1v) is 8.71. The molecule has 122 valence electrons. The fourth-order valence-corrected chi connectivity index (χ4v) is 6.13. The third-order valence-electron chi connectivity index (χ3n) is 6.37. The summed E-state index contributed by atoms with van der Waals surface area (Å²) in [6, 6.07) is -0.221. The Balaban J connectivity index is 1.77. The van der Waals surface area contributed by atoms with Crippen molar-refractivity contribution in [2.75, 3.05) is 0 Å². The number of amides is 1. The van der Waals surface area contributed by atoms with E-state index in [1.807, 2.05) is 0 Å². The Kier molecular flexibility index (Phi) is 2.86. The number of nitrogens with zero attached hydrogens (tertiary/aromatic N) is 2. The quantitative estimate of drug-likeness (QED) is 0.778. The first-order valence-electron chi connectivity index (χ1n) is 8.71. The van der Waals surface area contributed by atoms with Crippen molar-refractivity contribution in [2.24, 2.45) is 34.0 Å². The van der Waals surface area contributed by atoms with E-state index >= 15 is 0 Å². The van der Waals surface area contributed by atoms with Crippen LogP contribution in [0.1, 0.15) is 59.3 Å². The van der Waals surface area contributed by atoms with E-state index in [1.165, 1.54) is 38.5 Å². The molecule has 1 unspecified atom stereocenters. The average molecular weight is 304 g/mol. The number of hydrazone groups is 1. The second kappa shape index (κ2) is 4.39. The smallest absolute Gasteiger partial charge is 0.263 e. The molecule has 0 aromatic rings. The maximum Gasteiger partial charge on any atom is 0.263 e. The van der Waals surface area contributed by atoms with Crippen molar-refractivity contribution < 1.29 is 4.79 Å². The molecule has 1 atom stereocenters. The molecule has 0 spiro atoms. The van der Waals surface area contributed by atoms with Gasteiger partial charge in [-0.2, -0.15) is 0 Å². The number of hydrogen-bond acceptors (Lipinski definition) is 4. The summed E-state index contributed by atoms with van der Waals surface area (Å²) in [4.78, 5) is 14.8. The number of nitrogens with one attached hydrogen (secondary N) is 1. The van der Waals surface area contributed by atoms with E-state index in [4.69, 9.17) is 5.73 Å². The molecule has 22 heavy (non-hydrogen) atoms. The number of guanidine groups is 1. The summed E-state index contributed by atoms with van der Waals surface area (Å²) in [5.74, 6) is 2.98. The van der Waals surface area contributed by atoms with Crippen molar-refractivity contribution >= 4 is 11.9 Å². The van der Waals surface area contributed by atoms with E-state index in [0.29, 0.717) is 5.96 Å². The van der Waals surface area contributed by atoms with Gasteiger partial charge in [0.25, 0.3) is 5.91 Å². The zero-order valence-electron chi connectivity index (χ0n) is 13.9. The Morgan fingerprint density at radius 2 is 1.64 bits per heavy atom. The minimum atomic E-state index is -0.221. The van der Waals surface area contributed by atoms with Gasteiger partial charge in [0.1, 0.15) is 6.04 Å². The molecular formula is C17H28N4O. The first-order chi connectivity index (χ1) is 10.3. The third kappa shape index (κ3) is 1.97. The molecule has 5 heteroatoms. The molecule has 1 heterocycles. The number of nitrogens with two attached hydrogens (primary N) is 1. The molecule has 0 aromatic heterocycles. The summed E-state index contributed by atoms with van der Waals surface area (Å²) < 4.78 is 0. The summed E-state index contributed by atoms with van der Waals surface area (Å²) >= 11 is 0. The lowest BCUT2D eigenvalue weighted by Crippen LogP contribution is -2.71. The highest BCUT2D eigenvalue weighted by molar-refractivity contribution is 5.93. The highest BCUT2D eigenvalue weighted by atomic mass is 16.2. The zero-order valence-corrected chi connectivity index (χ0v) is 13.9. The van der Waals surface area contributed by atoms with Crippen molar-refractivity contribution in [3.8, 4) is 0 Å². The van der Waals surface area contributed by atoms with Gasteiger partial charge in [0, 0.05) is 5.54 Å². The zero-order chi connectivity index (χ0) is 15.7. The van der Waals surface area contributed by atoms with Crippen molar-refractivity contribution in [3.05, 3.63) is 0 Å². The largest absolute Gasteiger partial charge is 0.368 e. The van der Waals surface area contributed by atoms with E-state index in [2.05, 4.69) is 36.2 Å². The summed E-state index contributed by atoms with van der Waals surface area (Å²) in [6.45, 7) is 6.38. The minimum absolute atomic E-state index is 0.00237. The van der Waals surface area contributed by atoms with Crippen LogP contribution in [0, 0.1) is 23.2 Å². The highest BCUT2D eigenvalue weighted by Gasteiger charge is 2.58. The van der Waals surface area contributed by atoms with Crippen LogP contribution in [0.2, 0.25) is 0 Å².